The predicted molar refractivity (Wildman–Crippen MR) is 68.7 cm³/mol. The topological polar surface area (TPSA) is 18.5 Å². The Morgan fingerprint density at radius 1 is 1.00 bits per heavy atom. The van der Waals surface area contributed by atoms with Crippen molar-refractivity contribution in [2.45, 2.75) is 31.7 Å². The molecule has 2 aliphatic rings. The van der Waals surface area contributed by atoms with E-state index in [2.05, 4.69) is 29.2 Å². The molecule has 0 aliphatic carbocycles. The number of nitrogens with zero attached hydrogens (tertiary/aromatic N) is 2. The second kappa shape index (κ2) is 5.99. The first-order valence-corrected chi connectivity index (χ1v) is 6.84. The second-order valence-corrected chi connectivity index (χ2v) is 5.74. The molecule has 0 saturated carbocycles. The van der Waals surface area contributed by atoms with Gasteiger partial charge >= 0.3 is 0 Å². The van der Waals surface area contributed by atoms with E-state index in [0.717, 1.165) is 12.0 Å². The van der Waals surface area contributed by atoms with Crippen LogP contribution in [0.3, 0.4) is 0 Å². The standard InChI is InChI=1S/C13H27N3/c1-15-8-5-12(6-9-15)3-4-13-11-16(2)10-7-14-13/h12-14H,3-11H2,1-2H3. The Hall–Kier alpha value is -0.120. The number of rotatable bonds is 3. The van der Waals surface area contributed by atoms with Crippen molar-refractivity contribution in [3.63, 3.8) is 0 Å². The third kappa shape index (κ3) is 3.72. The first-order valence-electron chi connectivity index (χ1n) is 6.84. The van der Waals surface area contributed by atoms with Crippen molar-refractivity contribution in [1.82, 2.24) is 15.1 Å². The molecule has 0 spiro atoms. The Labute approximate surface area is 100 Å². The highest BCUT2D eigenvalue weighted by Crippen LogP contribution is 2.22. The van der Waals surface area contributed by atoms with Gasteiger partial charge in [-0.3, -0.25) is 0 Å². The Balaban J connectivity index is 1.63. The van der Waals surface area contributed by atoms with Crippen LogP contribution >= 0.6 is 0 Å². The Morgan fingerprint density at radius 2 is 1.75 bits per heavy atom. The van der Waals surface area contributed by atoms with Crippen LogP contribution in [0, 0.1) is 5.92 Å². The van der Waals surface area contributed by atoms with Crippen LogP contribution in [0.4, 0.5) is 0 Å². The summed E-state index contributed by atoms with van der Waals surface area (Å²) in [4.78, 5) is 4.92. The summed E-state index contributed by atoms with van der Waals surface area (Å²) in [6.45, 7) is 6.25. The number of hydrogen-bond donors (Lipinski definition) is 1. The van der Waals surface area contributed by atoms with E-state index in [1.807, 2.05) is 0 Å². The van der Waals surface area contributed by atoms with Gasteiger partial charge in [0.15, 0.2) is 0 Å². The molecular formula is C13H27N3. The first-order chi connectivity index (χ1) is 7.74. The lowest BCUT2D eigenvalue weighted by atomic mass is 9.90. The molecule has 0 amide bonds. The van der Waals surface area contributed by atoms with E-state index in [1.165, 1.54) is 58.4 Å². The van der Waals surface area contributed by atoms with Gasteiger partial charge in [-0.1, -0.05) is 0 Å². The number of piperidine rings is 1. The van der Waals surface area contributed by atoms with Crippen molar-refractivity contribution in [3.05, 3.63) is 0 Å². The fourth-order valence-corrected chi connectivity index (χ4v) is 2.97. The molecule has 0 aromatic carbocycles. The first kappa shape index (κ1) is 12.3. The van der Waals surface area contributed by atoms with Gasteiger partial charge in [-0.25, -0.2) is 0 Å². The smallest absolute Gasteiger partial charge is 0.0195 e. The molecule has 3 nitrogen and oxygen atoms in total. The van der Waals surface area contributed by atoms with Gasteiger partial charge in [-0.2, -0.15) is 0 Å². The Morgan fingerprint density at radius 3 is 2.44 bits per heavy atom. The highest BCUT2D eigenvalue weighted by atomic mass is 15.2. The SMILES string of the molecule is CN1CCC(CCC2CN(C)CCN2)CC1. The zero-order valence-corrected chi connectivity index (χ0v) is 10.9. The molecule has 2 saturated heterocycles. The van der Waals surface area contributed by atoms with Gasteiger partial charge in [0.25, 0.3) is 0 Å². The normalized spacial score (nSPS) is 30.8. The molecule has 3 heteroatoms. The molecule has 0 aromatic rings. The molecule has 2 fully saturated rings. The van der Waals surface area contributed by atoms with Crippen molar-refractivity contribution in [3.8, 4) is 0 Å². The Bertz CT molecular complexity index is 199. The second-order valence-electron chi connectivity index (χ2n) is 5.74. The average molecular weight is 225 g/mol. The third-order valence-electron chi connectivity index (χ3n) is 4.22. The van der Waals surface area contributed by atoms with Gasteiger partial charge in [0.2, 0.25) is 0 Å². The maximum absolute atomic E-state index is 3.65. The summed E-state index contributed by atoms with van der Waals surface area (Å²) in [5, 5.41) is 3.65. The molecule has 1 atom stereocenters. The van der Waals surface area contributed by atoms with Gasteiger partial charge in [0.1, 0.15) is 0 Å². The maximum atomic E-state index is 3.65. The van der Waals surface area contributed by atoms with Crippen molar-refractivity contribution < 1.29 is 0 Å². The summed E-state index contributed by atoms with van der Waals surface area (Å²) >= 11 is 0. The summed E-state index contributed by atoms with van der Waals surface area (Å²) in [6, 6.07) is 0.749. The third-order valence-corrected chi connectivity index (χ3v) is 4.22. The zero-order chi connectivity index (χ0) is 11.4. The van der Waals surface area contributed by atoms with E-state index in [4.69, 9.17) is 0 Å². The molecule has 0 aromatic heterocycles. The van der Waals surface area contributed by atoms with E-state index >= 15 is 0 Å². The van der Waals surface area contributed by atoms with Crippen molar-refractivity contribution in [1.29, 1.82) is 0 Å². The van der Waals surface area contributed by atoms with Crippen LogP contribution in [0.25, 0.3) is 0 Å². The number of hydrogen-bond acceptors (Lipinski definition) is 3. The minimum Gasteiger partial charge on any atom is -0.311 e. The van der Waals surface area contributed by atoms with Crippen molar-refractivity contribution in [2.24, 2.45) is 5.92 Å². The van der Waals surface area contributed by atoms with Crippen LogP contribution in [0.2, 0.25) is 0 Å². The van der Waals surface area contributed by atoms with E-state index in [-0.39, 0.29) is 0 Å². The molecular weight excluding hydrogens is 198 g/mol. The average Bonchev–Trinajstić information content (AvgIpc) is 2.28. The van der Waals surface area contributed by atoms with Gasteiger partial charge in [-0.15, -0.1) is 0 Å². The van der Waals surface area contributed by atoms with Crippen LogP contribution < -0.4 is 5.32 Å². The number of nitrogens with one attached hydrogen (secondary N) is 1. The molecule has 0 radical (unpaired) electrons. The quantitative estimate of drug-likeness (QED) is 0.773. The van der Waals surface area contributed by atoms with Crippen LogP contribution in [-0.2, 0) is 0 Å². The summed E-state index contributed by atoms with van der Waals surface area (Å²) in [6.07, 6.45) is 5.64. The number of likely N-dealkylation sites (tertiary alicyclic amines) is 1. The van der Waals surface area contributed by atoms with Crippen LogP contribution in [0.5, 0.6) is 0 Å². The Kier molecular flexibility index (Phi) is 4.62. The molecule has 2 aliphatic heterocycles. The lowest BCUT2D eigenvalue weighted by molar-refractivity contribution is 0.189. The number of piperazine rings is 1. The van der Waals surface area contributed by atoms with Crippen molar-refractivity contribution >= 4 is 0 Å². The van der Waals surface area contributed by atoms with Gasteiger partial charge < -0.3 is 15.1 Å². The van der Waals surface area contributed by atoms with Crippen LogP contribution in [0.1, 0.15) is 25.7 Å². The molecule has 2 rings (SSSR count). The largest absolute Gasteiger partial charge is 0.311 e. The molecule has 16 heavy (non-hydrogen) atoms. The molecule has 1 unspecified atom stereocenters. The lowest BCUT2D eigenvalue weighted by Gasteiger charge is -2.33. The minimum atomic E-state index is 0.749. The molecule has 0 bridgehead atoms. The van der Waals surface area contributed by atoms with E-state index in [0.29, 0.717) is 0 Å². The summed E-state index contributed by atoms with van der Waals surface area (Å²) in [7, 11) is 4.48. The van der Waals surface area contributed by atoms with Gasteiger partial charge in [0.05, 0.1) is 0 Å². The lowest BCUT2D eigenvalue weighted by Crippen LogP contribution is -2.49. The van der Waals surface area contributed by atoms with Crippen LogP contribution in [0.15, 0.2) is 0 Å². The molecule has 2 heterocycles. The number of likely N-dealkylation sites (N-methyl/N-ethyl adjacent to an activating group) is 1. The van der Waals surface area contributed by atoms with E-state index < -0.39 is 0 Å². The molecule has 94 valence electrons. The van der Waals surface area contributed by atoms with E-state index in [1.54, 1.807) is 0 Å². The minimum absolute atomic E-state index is 0.749. The van der Waals surface area contributed by atoms with Gasteiger partial charge in [0, 0.05) is 25.7 Å². The fourth-order valence-electron chi connectivity index (χ4n) is 2.97. The highest BCUT2D eigenvalue weighted by Gasteiger charge is 2.20. The van der Waals surface area contributed by atoms with Gasteiger partial charge in [-0.05, 0) is 58.8 Å². The summed E-state index contributed by atoms with van der Waals surface area (Å²) < 4.78 is 0. The summed E-state index contributed by atoms with van der Waals surface area (Å²) in [5.41, 5.74) is 0. The highest BCUT2D eigenvalue weighted by molar-refractivity contribution is 4.79. The fraction of sp³-hybridized carbons (Fsp3) is 1.00. The maximum Gasteiger partial charge on any atom is 0.0195 e. The predicted octanol–water partition coefficient (Wildman–Crippen LogP) is 1.01. The van der Waals surface area contributed by atoms with Crippen molar-refractivity contribution in [2.75, 3.05) is 46.8 Å². The zero-order valence-electron chi connectivity index (χ0n) is 10.9. The molecule has 1 N–H and O–H groups in total. The summed E-state index contributed by atoms with van der Waals surface area (Å²) in [5.74, 6) is 0.991. The van der Waals surface area contributed by atoms with Crippen LogP contribution in [-0.4, -0.2) is 62.7 Å². The van der Waals surface area contributed by atoms with E-state index in [9.17, 15) is 0 Å². The monoisotopic (exact) mass is 225 g/mol.